The highest BCUT2D eigenvalue weighted by Gasteiger charge is 2.36. The van der Waals surface area contributed by atoms with E-state index < -0.39 is 29.6 Å². The van der Waals surface area contributed by atoms with Crippen molar-refractivity contribution >= 4 is 46.5 Å². The number of aryl methyl sites for hydroxylation is 2. The van der Waals surface area contributed by atoms with Crippen LogP contribution >= 0.6 is 11.8 Å². The summed E-state index contributed by atoms with van der Waals surface area (Å²) < 4.78 is 15.4. The second-order valence-electron chi connectivity index (χ2n) is 7.36. The number of benzene rings is 2. The van der Waals surface area contributed by atoms with Crippen LogP contribution in [0.5, 0.6) is 11.5 Å². The Kier molecular flexibility index (Phi) is 7.95. The van der Waals surface area contributed by atoms with Gasteiger partial charge in [-0.15, -0.1) is 0 Å². The standard InChI is InChI=1S/C24H24N2O7S/c1-14-8-9-17(10-15(14)2)25-20(27)12-26-23(29)19(34-24(26)30)11-16-6-5-7-18(31-3)22(16)33-13-21(28)32-4/h5-11H,12-13H2,1-4H3,(H,25,27)/b19-11+. The smallest absolute Gasteiger partial charge is 0.343 e. The zero-order valence-corrected chi connectivity index (χ0v) is 20.0. The first kappa shape index (κ1) is 24.8. The van der Waals surface area contributed by atoms with Crippen LogP contribution < -0.4 is 14.8 Å². The second-order valence-corrected chi connectivity index (χ2v) is 8.35. The number of carbonyl (C=O) groups excluding carboxylic acids is 4. The summed E-state index contributed by atoms with van der Waals surface area (Å²) in [4.78, 5) is 50.3. The van der Waals surface area contributed by atoms with Crippen LogP contribution in [0.4, 0.5) is 10.5 Å². The lowest BCUT2D eigenvalue weighted by molar-refractivity contribution is -0.143. The summed E-state index contributed by atoms with van der Waals surface area (Å²) in [5.74, 6) is -1.13. The summed E-state index contributed by atoms with van der Waals surface area (Å²) in [5, 5.41) is 2.14. The van der Waals surface area contributed by atoms with E-state index in [-0.39, 0.29) is 17.3 Å². The highest BCUT2D eigenvalue weighted by Crippen LogP contribution is 2.37. The van der Waals surface area contributed by atoms with Crippen LogP contribution in [-0.4, -0.2) is 55.3 Å². The third kappa shape index (κ3) is 5.76. The van der Waals surface area contributed by atoms with E-state index in [4.69, 9.17) is 9.47 Å². The molecule has 0 radical (unpaired) electrons. The van der Waals surface area contributed by atoms with E-state index in [0.717, 1.165) is 16.0 Å². The molecule has 0 aliphatic carbocycles. The molecule has 1 N–H and O–H groups in total. The number of ether oxygens (including phenoxy) is 3. The number of methoxy groups -OCH3 is 2. The van der Waals surface area contributed by atoms with Gasteiger partial charge in [0, 0.05) is 11.3 Å². The van der Waals surface area contributed by atoms with Crippen LogP contribution in [0.3, 0.4) is 0 Å². The molecule has 1 heterocycles. The van der Waals surface area contributed by atoms with Crippen molar-refractivity contribution in [1.29, 1.82) is 0 Å². The van der Waals surface area contributed by atoms with Gasteiger partial charge < -0.3 is 19.5 Å². The Morgan fingerprint density at radius 2 is 1.85 bits per heavy atom. The molecule has 0 spiro atoms. The molecule has 0 aromatic heterocycles. The fourth-order valence-electron chi connectivity index (χ4n) is 3.09. The second kappa shape index (κ2) is 10.9. The molecular weight excluding hydrogens is 460 g/mol. The number of para-hydroxylation sites is 1. The Labute approximate surface area is 201 Å². The molecule has 34 heavy (non-hydrogen) atoms. The summed E-state index contributed by atoms with van der Waals surface area (Å²) in [5.41, 5.74) is 3.10. The van der Waals surface area contributed by atoms with Crippen molar-refractivity contribution in [2.75, 3.05) is 32.7 Å². The van der Waals surface area contributed by atoms with E-state index in [1.807, 2.05) is 26.0 Å². The molecule has 178 valence electrons. The first-order chi connectivity index (χ1) is 16.2. The average Bonchev–Trinajstić information content (AvgIpc) is 3.07. The Morgan fingerprint density at radius 1 is 1.09 bits per heavy atom. The molecular formula is C24H24N2O7S. The maximum atomic E-state index is 12.9. The van der Waals surface area contributed by atoms with Gasteiger partial charge in [0.05, 0.1) is 19.1 Å². The summed E-state index contributed by atoms with van der Waals surface area (Å²) in [7, 11) is 2.67. The normalized spacial score (nSPS) is 14.4. The lowest BCUT2D eigenvalue weighted by atomic mass is 10.1. The Bertz CT molecular complexity index is 1180. The molecule has 3 amide bonds. The number of nitrogens with zero attached hydrogens (tertiary/aromatic N) is 1. The van der Waals surface area contributed by atoms with Crippen molar-refractivity contribution in [1.82, 2.24) is 4.90 Å². The monoisotopic (exact) mass is 484 g/mol. The van der Waals surface area contributed by atoms with Crippen molar-refractivity contribution in [3.05, 3.63) is 58.0 Å². The SMILES string of the molecule is COC(=O)COc1c(/C=C2/SC(=O)N(CC(=O)Nc3ccc(C)c(C)c3)C2=O)cccc1OC. The third-order valence-corrected chi connectivity index (χ3v) is 5.95. The number of nitrogens with one attached hydrogen (secondary N) is 1. The number of carbonyl (C=O) groups is 4. The van der Waals surface area contributed by atoms with Crippen LogP contribution in [0.2, 0.25) is 0 Å². The summed E-state index contributed by atoms with van der Waals surface area (Å²) in [6, 6.07) is 10.4. The highest BCUT2D eigenvalue weighted by atomic mass is 32.2. The first-order valence-electron chi connectivity index (χ1n) is 10.2. The van der Waals surface area contributed by atoms with Crippen LogP contribution in [-0.2, 0) is 19.1 Å². The number of imide groups is 1. The molecule has 3 rings (SSSR count). The molecule has 1 fully saturated rings. The minimum absolute atomic E-state index is 0.111. The molecule has 1 saturated heterocycles. The van der Waals surface area contributed by atoms with Gasteiger partial charge in [0.25, 0.3) is 11.1 Å². The minimum atomic E-state index is -0.605. The maximum absolute atomic E-state index is 12.9. The fourth-order valence-corrected chi connectivity index (χ4v) is 3.92. The van der Waals surface area contributed by atoms with Gasteiger partial charge in [-0.05, 0) is 61.0 Å². The van der Waals surface area contributed by atoms with Gasteiger partial charge in [-0.25, -0.2) is 4.79 Å². The molecule has 9 nitrogen and oxygen atoms in total. The number of hydrogen-bond donors (Lipinski definition) is 1. The summed E-state index contributed by atoms with van der Waals surface area (Å²) in [6.07, 6.45) is 1.46. The predicted molar refractivity (Wildman–Crippen MR) is 128 cm³/mol. The molecule has 1 aliphatic rings. The van der Waals surface area contributed by atoms with E-state index >= 15 is 0 Å². The molecule has 0 unspecified atom stereocenters. The quantitative estimate of drug-likeness (QED) is 0.447. The Morgan fingerprint density at radius 3 is 2.53 bits per heavy atom. The predicted octanol–water partition coefficient (Wildman–Crippen LogP) is 3.54. The largest absolute Gasteiger partial charge is 0.493 e. The topological polar surface area (TPSA) is 111 Å². The van der Waals surface area contributed by atoms with Crippen molar-refractivity contribution in [3.8, 4) is 11.5 Å². The molecule has 2 aromatic rings. The van der Waals surface area contributed by atoms with E-state index in [0.29, 0.717) is 28.8 Å². The first-order valence-corrected chi connectivity index (χ1v) is 11.0. The lowest BCUT2D eigenvalue weighted by Gasteiger charge is -2.14. The number of anilines is 1. The van der Waals surface area contributed by atoms with Crippen molar-refractivity contribution in [3.63, 3.8) is 0 Å². The van der Waals surface area contributed by atoms with Gasteiger partial charge >= 0.3 is 5.97 Å². The number of hydrogen-bond acceptors (Lipinski definition) is 8. The number of thioether (sulfide) groups is 1. The number of esters is 1. The van der Waals surface area contributed by atoms with Crippen LogP contribution in [0.1, 0.15) is 16.7 Å². The zero-order chi connectivity index (χ0) is 24.8. The van der Waals surface area contributed by atoms with Crippen LogP contribution in [0.25, 0.3) is 6.08 Å². The van der Waals surface area contributed by atoms with Gasteiger partial charge in [-0.1, -0.05) is 18.2 Å². The number of amides is 3. The van der Waals surface area contributed by atoms with Crippen LogP contribution in [0, 0.1) is 13.8 Å². The van der Waals surface area contributed by atoms with E-state index in [2.05, 4.69) is 10.1 Å². The Hall–Kier alpha value is -3.79. The lowest BCUT2D eigenvalue weighted by Crippen LogP contribution is -2.36. The molecule has 0 saturated carbocycles. The highest BCUT2D eigenvalue weighted by molar-refractivity contribution is 8.18. The van der Waals surface area contributed by atoms with Gasteiger partial charge in [0.2, 0.25) is 5.91 Å². The third-order valence-electron chi connectivity index (χ3n) is 5.04. The molecule has 10 heteroatoms. The Balaban J connectivity index is 1.77. The van der Waals surface area contributed by atoms with Gasteiger partial charge in [-0.2, -0.15) is 0 Å². The molecule has 0 bridgehead atoms. The average molecular weight is 485 g/mol. The molecule has 2 aromatic carbocycles. The van der Waals surface area contributed by atoms with Crippen molar-refractivity contribution < 1.29 is 33.4 Å². The van der Waals surface area contributed by atoms with E-state index in [9.17, 15) is 19.2 Å². The summed E-state index contributed by atoms with van der Waals surface area (Å²) in [6.45, 7) is 3.10. The van der Waals surface area contributed by atoms with Gasteiger partial charge in [0.15, 0.2) is 18.1 Å². The van der Waals surface area contributed by atoms with E-state index in [1.54, 1.807) is 24.3 Å². The van der Waals surface area contributed by atoms with E-state index in [1.165, 1.54) is 20.3 Å². The van der Waals surface area contributed by atoms with Crippen molar-refractivity contribution in [2.45, 2.75) is 13.8 Å². The van der Waals surface area contributed by atoms with Crippen LogP contribution in [0.15, 0.2) is 41.3 Å². The number of rotatable bonds is 8. The van der Waals surface area contributed by atoms with Gasteiger partial charge in [-0.3, -0.25) is 19.3 Å². The summed E-state index contributed by atoms with van der Waals surface area (Å²) >= 11 is 0.711. The maximum Gasteiger partial charge on any atom is 0.343 e. The minimum Gasteiger partial charge on any atom is -0.493 e. The molecule has 0 atom stereocenters. The van der Waals surface area contributed by atoms with Gasteiger partial charge in [0.1, 0.15) is 6.54 Å². The van der Waals surface area contributed by atoms with Crippen molar-refractivity contribution in [2.24, 2.45) is 0 Å². The molecule has 1 aliphatic heterocycles. The zero-order valence-electron chi connectivity index (χ0n) is 19.2. The fraction of sp³-hybridized carbons (Fsp3) is 0.250.